The van der Waals surface area contributed by atoms with Gasteiger partial charge < -0.3 is 14.6 Å². The quantitative estimate of drug-likeness (QED) is 0.377. The molecule has 6 nitrogen and oxygen atoms in total. The number of ether oxygens (including phenoxy) is 2. The molecule has 0 spiro atoms. The summed E-state index contributed by atoms with van der Waals surface area (Å²) >= 11 is 0. The third-order valence-electron chi connectivity index (χ3n) is 5.34. The van der Waals surface area contributed by atoms with Crippen LogP contribution >= 0.6 is 0 Å². The van der Waals surface area contributed by atoms with Gasteiger partial charge in [0.1, 0.15) is 5.69 Å². The standard InChI is InChI=1S/C26H32FN3O3/c1-4-5-13-21(31)18-30(16-17-32-3)19-22-25(20-11-7-6-8-12-20)28-29(2)26(22)33-24-15-10-9-14-23(24)27/h4,6-12,14-15,21,31H,1,5,13,16-19H2,2-3H3. The average molecular weight is 454 g/mol. The Morgan fingerprint density at radius 3 is 2.61 bits per heavy atom. The monoisotopic (exact) mass is 453 g/mol. The van der Waals surface area contributed by atoms with Gasteiger partial charge >= 0.3 is 0 Å². The molecule has 3 rings (SSSR count). The number of hydrogen-bond donors (Lipinski definition) is 1. The van der Waals surface area contributed by atoms with Gasteiger partial charge in [-0.2, -0.15) is 5.10 Å². The van der Waals surface area contributed by atoms with Crippen LogP contribution in [0.15, 0.2) is 67.3 Å². The van der Waals surface area contributed by atoms with E-state index in [1.165, 1.54) is 6.07 Å². The van der Waals surface area contributed by atoms with E-state index in [2.05, 4.69) is 11.5 Å². The third kappa shape index (κ3) is 6.74. The predicted octanol–water partition coefficient (Wildman–Crippen LogP) is 4.79. The molecule has 176 valence electrons. The summed E-state index contributed by atoms with van der Waals surface area (Å²) in [6.07, 6.45) is 2.66. The van der Waals surface area contributed by atoms with Crippen molar-refractivity contribution in [3.63, 3.8) is 0 Å². The minimum absolute atomic E-state index is 0.135. The number of allylic oxidation sites excluding steroid dienone is 1. The number of aryl methyl sites for hydroxylation is 1. The summed E-state index contributed by atoms with van der Waals surface area (Å²) in [6.45, 7) is 5.77. The summed E-state index contributed by atoms with van der Waals surface area (Å²) in [4.78, 5) is 2.11. The highest BCUT2D eigenvalue weighted by Gasteiger charge is 2.24. The average Bonchev–Trinajstić information content (AvgIpc) is 3.13. The highest BCUT2D eigenvalue weighted by Crippen LogP contribution is 2.35. The molecule has 7 heteroatoms. The first kappa shape index (κ1) is 24.6. The molecule has 1 N–H and O–H groups in total. The first-order chi connectivity index (χ1) is 16.0. The van der Waals surface area contributed by atoms with Gasteiger partial charge in [0.05, 0.1) is 18.3 Å². The molecule has 0 aliphatic rings. The van der Waals surface area contributed by atoms with Gasteiger partial charge in [-0.25, -0.2) is 9.07 Å². The molecule has 33 heavy (non-hydrogen) atoms. The van der Waals surface area contributed by atoms with Crippen molar-refractivity contribution in [2.75, 3.05) is 26.8 Å². The van der Waals surface area contributed by atoms with E-state index >= 15 is 0 Å². The Morgan fingerprint density at radius 1 is 1.18 bits per heavy atom. The van der Waals surface area contributed by atoms with Crippen LogP contribution in [0.4, 0.5) is 4.39 Å². The molecule has 2 aromatic carbocycles. The highest BCUT2D eigenvalue weighted by molar-refractivity contribution is 5.65. The summed E-state index contributed by atoms with van der Waals surface area (Å²) in [6, 6.07) is 16.1. The molecular formula is C26H32FN3O3. The van der Waals surface area contributed by atoms with Crippen LogP contribution in [0.5, 0.6) is 11.6 Å². The van der Waals surface area contributed by atoms with Crippen LogP contribution in [0.1, 0.15) is 18.4 Å². The van der Waals surface area contributed by atoms with Crippen LogP contribution in [0.2, 0.25) is 0 Å². The van der Waals surface area contributed by atoms with E-state index in [0.717, 1.165) is 23.2 Å². The van der Waals surface area contributed by atoms with Crippen molar-refractivity contribution in [3.05, 3.63) is 78.6 Å². The second-order valence-electron chi connectivity index (χ2n) is 7.90. The van der Waals surface area contributed by atoms with Crippen LogP contribution in [-0.4, -0.2) is 52.7 Å². The Kier molecular flexibility index (Phi) is 9.18. The first-order valence-electron chi connectivity index (χ1n) is 11.1. The van der Waals surface area contributed by atoms with Gasteiger partial charge in [0.25, 0.3) is 0 Å². The topological polar surface area (TPSA) is 59.8 Å². The zero-order chi connectivity index (χ0) is 23.6. The van der Waals surface area contributed by atoms with E-state index in [-0.39, 0.29) is 5.75 Å². The zero-order valence-corrected chi connectivity index (χ0v) is 19.3. The molecule has 1 aromatic heterocycles. The molecule has 1 atom stereocenters. The number of hydrogen-bond acceptors (Lipinski definition) is 5. The van der Waals surface area contributed by atoms with E-state index < -0.39 is 11.9 Å². The van der Waals surface area contributed by atoms with Gasteiger partial charge in [0.15, 0.2) is 11.6 Å². The Bertz CT molecular complexity index is 1020. The van der Waals surface area contributed by atoms with E-state index in [0.29, 0.717) is 38.5 Å². The number of para-hydroxylation sites is 1. The Morgan fingerprint density at radius 2 is 1.91 bits per heavy atom. The normalized spacial score (nSPS) is 12.2. The largest absolute Gasteiger partial charge is 0.436 e. The minimum Gasteiger partial charge on any atom is -0.436 e. The number of methoxy groups -OCH3 is 1. The number of aliphatic hydroxyl groups is 1. The highest BCUT2D eigenvalue weighted by atomic mass is 19.1. The lowest BCUT2D eigenvalue weighted by Crippen LogP contribution is -2.34. The fraction of sp³-hybridized carbons (Fsp3) is 0.346. The van der Waals surface area contributed by atoms with Crippen molar-refractivity contribution < 1.29 is 19.0 Å². The summed E-state index contributed by atoms with van der Waals surface area (Å²) in [5.74, 6) is 0.153. The molecule has 0 saturated carbocycles. The summed E-state index contributed by atoms with van der Waals surface area (Å²) < 4.78 is 27.3. The van der Waals surface area contributed by atoms with Crippen molar-refractivity contribution in [1.29, 1.82) is 0 Å². The van der Waals surface area contributed by atoms with Gasteiger partial charge in [-0.1, -0.05) is 48.5 Å². The molecule has 0 aliphatic heterocycles. The second-order valence-corrected chi connectivity index (χ2v) is 7.90. The van der Waals surface area contributed by atoms with Crippen molar-refractivity contribution in [1.82, 2.24) is 14.7 Å². The molecule has 0 bridgehead atoms. The van der Waals surface area contributed by atoms with Crippen molar-refractivity contribution in [3.8, 4) is 22.9 Å². The van der Waals surface area contributed by atoms with Crippen LogP contribution in [0.3, 0.4) is 0 Å². The SMILES string of the molecule is C=CCCC(O)CN(CCOC)Cc1c(-c2ccccc2)nn(C)c1Oc1ccccc1F. The second kappa shape index (κ2) is 12.3. The van der Waals surface area contributed by atoms with E-state index in [9.17, 15) is 9.50 Å². The Balaban J connectivity index is 1.98. The number of aromatic nitrogens is 2. The fourth-order valence-electron chi connectivity index (χ4n) is 3.66. The molecular weight excluding hydrogens is 421 g/mol. The van der Waals surface area contributed by atoms with E-state index in [1.54, 1.807) is 43.1 Å². The van der Waals surface area contributed by atoms with Crippen LogP contribution < -0.4 is 4.74 Å². The minimum atomic E-state index is -0.507. The Labute approximate surface area is 194 Å². The lowest BCUT2D eigenvalue weighted by atomic mass is 10.1. The number of rotatable bonds is 13. The van der Waals surface area contributed by atoms with Gasteiger partial charge in [-0.05, 0) is 25.0 Å². The number of nitrogens with zero attached hydrogens (tertiary/aromatic N) is 3. The molecule has 0 aliphatic carbocycles. The van der Waals surface area contributed by atoms with Gasteiger partial charge in [-0.3, -0.25) is 4.90 Å². The maximum Gasteiger partial charge on any atom is 0.222 e. The molecule has 0 fully saturated rings. The van der Waals surface area contributed by atoms with Crippen LogP contribution in [0, 0.1) is 5.82 Å². The number of aliphatic hydroxyl groups excluding tert-OH is 1. The molecule has 1 heterocycles. The van der Waals surface area contributed by atoms with Gasteiger partial charge in [0.2, 0.25) is 5.88 Å². The molecule has 0 amide bonds. The fourth-order valence-corrected chi connectivity index (χ4v) is 3.66. The van der Waals surface area contributed by atoms with E-state index in [1.807, 2.05) is 30.3 Å². The van der Waals surface area contributed by atoms with Crippen molar-refractivity contribution in [2.45, 2.75) is 25.5 Å². The first-order valence-corrected chi connectivity index (χ1v) is 11.1. The van der Waals surface area contributed by atoms with Crippen molar-refractivity contribution in [2.24, 2.45) is 7.05 Å². The van der Waals surface area contributed by atoms with E-state index in [4.69, 9.17) is 14.6 Å². The zero-order valence-electron chi connectivity index (χ0n) is 19.3. The molecule has 1 unspecified atom stereocenters. The third-order valence-corrected chi connectivity index (χ3v) is 5.34. The predicted molar refractivity (Wildman–Crippen MR) is 128 cm³/mol. The Hall–Kier alpha value is -3.00. The van der Waals surface area contributed by atoms with Crippen LogP contribution in [0.25, 0.3) is 11.3 Å². The summed E-state index contributed by atoms with van der Waals surface area (Å²) in [5, 5.41) is 15.2. The number of benzene rings is 2. The molecule has 0 radical (unpaired) electrons. The van der Waals surface area contributed by atoms with Crippen LogP contribution in [-0.2, 0) is 18.3 Å². The van der Waals surface area contributed by atoms with Gasteiger partial charge in [-0.15, -0.1) is 6.58 Å². The van der Waals surface area contributed by atoms with Gasteiger partial charge in [0, 0.05) is 39.4 Å². The smallest absolute Gasteiger partial charge is 0.222 e. The maximum absolute atomic E-state index is 14.4. The molecule has 0 saturated heterocycles. The lowest BCUT2D eigenvalue weighted by molar-refractivity contribution is 0.0806. The summed E-state index contributed by atoms with van der Waals surface area (Å²) in [7, 11) is 3.43. The lowest BCUT2D eigenvalue weighted by Gasteiger charge is -2.25. The molecule has 3 aromatic rings. The maximum atomic E-state index is 14.4. The summed E-state index contributed by atoms with van der Waals surface area (Å²) in [5.41, 5.74) is 2.51. The van der Waals surface area contributed by atoms with Crippen molar-refractivity contribution >= 4 is 0 Å². The number of halogens is 1.